The third kappa shape index (κ3) is 5.51. The van der Waals surface area contributed by atoms with Crippen molar-refractivity contribution < 1.29 is 19.2 Å². The predicted octanol–water partition coefficient (Wildman–Crippen LogP) is 1.84. The maximum absolute atomic E-state index is 12.0. The fourth-order valence-electron chi connectivity index (χ4n) is 1.99. The average molecular weight is 308 g/mol. The number of rotatable bonds is 7. The summed E-state index contributed by atoms with van der Waals surface area (Å²) in [6, 6.07) is 5.04. The Kier molecular flexibility index (Phi) is 6.49. The van der Waals surface area contributed by atoms with E-state index in [1.54, 1.807) is 0 Å². The van der Waals surface area contributed by atoms with E-state index in [9.17, 15) is 19.7 Å². The Morgan fingerprint density at radius 1 is 1.27 bits per heavy atom. The second-order valence-electron chi connectivity index (χ2n) is 5.37. The second kappa shape index (κ2) is 8.11. The Labute approximate surface area is 128 Å². The summed E-state index contributed by atoms with van der Waals surface area (Å²) in [4.78, 5) is 33.7. The lowest BCUT2D eigenvalue weighted by atomic mass is 10.0. The standard InChI is InChI=1S/C15H20N2O5/c1-10(2)8-13(15(19)22-3)16-14(18)9-11-4-6-12(7-5-11)17(20)21/h4-7,10,13H,8-9H2,1-3H3,(H,16,18)/t13-/m1/s1. The summed E-state index contributed by atoms with van der Waals surface area (Å²) >= 11 is 0. The predicted molar refractivity (Wildman–Crippen MR) is 80.2 cm³/mol. The van der Waals surface area contributed by atoms with Gasteiger partial charge in [-0.15, -0.1) is 0 Å². The molecule has 7 heteroatoms. The summed E-state index contributed by atoms with van der Waals surface area (Å²) in [5, 5.41) is 13.2. The highest BCUT2D eigenvalue weighted by Gasteiger charge is 2.22. The number of nitrogens with one attached hydrogen (secondary N) is 1. The summed E-state index contributed by atoms with van der Waals surface area (Å²) in [6.07, 6.45) is 0.530. The zero-order valence-electron chi connectivity index (χ0n) is 12.9. The molecule has 0 aromatic heterocycles. The molecule has 1 atom stereocenters. The molecule has 0 spiro atoms. The molecular weight excluding hydrogens is 288 g/mol. The number of nitrogens with zero attached hydrogens (tertiary/aromatic N) is 1. The van der Waals surface area contributed by atoms with Crippen molar-refractivity contribution in [1.29, 1.82) is 0 Å². The van der Waals surface area contributed by atoms with Gasteiger partial charge >= 0.3 is 5.97 Å². The molecule has 1 amide bonds. The molecule has 1 N–H and O–H groups in total. The number of esters is 1. The van der Waals surface area contributed by atoms with Crippen LogP contribution >= 0.6 is 0 Å². The van der Waals surface area contributed by atoms with Crippen molar-refractivity contribution in [2.24, 2.45) is 5.92 Å². The van der Waals surface area contributed by atoms with E-state index in [0.717, 1.165) is 0 Å². The third-order valence-electron chi connectivity index (χ3n) is 3.04. The van der Waals surface area contributed by atoms with E-state index in [0.29, 0.717) is 12.0 Å². The zero-order chi connectivity index (χ0) is 16.7. The van der Waals surface area contributed by atoms with Crippen molar-refractivity contribution in [3.63, 3.8) is 0 Å². The summed E-state index contributed by atoms with van der Waals surface area (Å²) < 4.78 is 4.68. The summed E-state index contributed by atoms with van der Waals surface area (Å²) in [6.45, 7) is 3.89. The van der Waals surface area contributed by atoms with Gasteiger partial charge in [0.15, 0.2) is 0 Å². The first kappa shape index (κ1) is 17.6. The number of hydrogen-bond acceptors (Lipinski definition) is 5. The molecule has 0 saturated carbocycles. The minimum absolute atomic E-state index is 0.0311. The maximum atomic E-state index is 12.0. The van der Waals surface area contributed by atoms with E-state index in [4.69, 9.17) is 0 Å². The molecule has 7 nitrogen and oxygen atoms in total. The van der Waals surface area contributed by atoms with E-state index in [1.807, 2.05) is 13.8 Å². The van der Waals surface area contributed by atoms with Crippen molar-refractivity contribution >= 4 is 17.6 Å². The van der Waals surface area contributed by atoms with Gasteiger partial charge in [-0.2, -0.15) is 0 Å². The minimum atomic E-state index is -0.685. The van der Waals surface area contributed by atoms with Gasteiger partial charge in [0.1, 0.15) is 6.04 Å². The van der Waals surface area contributed by atoms with Crippen LogP contribution in [0.4, 0.5) is 5.69 Å². The van der Waals surface area contributed by atoms with Gasteiger partial charge in [0.25, 0.3) is 5.69 Å². The Balaban J connectivity index is 2.66. The van der Waals surface area contributed by atoms with Crippen LogP contribution in [0.5, 0.6) is 0 Å². The first-order valence-electron chi connectivity index (χ1n) is 6.94. The molecule has 0 heterocycles. The van der Waals surface area contributed by atoms with Crippen molar-refractivity contribution in [3.05, 3.63) is 39.9 Å². The lowest BCUT2D eigenvalue weighted by Gasteiger charge is -2.18. The molecular formula is C15H20N2O5. The largest absolute Gasteiger partial charge is 0.467 e. The number of carbonyl (C=O) groups is 2. The summed E-state index contributed by atoms with van der Waals surface area (Å²) in [7, 11) is 1.28. The van der Waals surface area contributed by atoms with Crippen molar-refractivity contribution in [1.82, 2.24) is 5.32 Å². The molecule has 0 fully saturated rings. The first-order valence-corrected chi connectivity index (χ1v) is 6.94. The average Bonchev–Trinajstić information content (AvgIpc) is 2.45. The van der Waals surface area contributed by atoms with Gasteiger partial charge in [-0.1, -0.05) is 26.0 Å². The highest BCUT2D eigenvalue weighted by molar-refractivity contribution is 5.85. The Morgan fingerprint density at radius 2 is 1.86 bits per heavy atom. The van der Waals surface area contributed by atoms with Crippen LogP contribution in [-0.4, -0.2) is 30.0 Å². The topological polar surface area (TPSA) is 98.5 Å². The van der Waals surface area contributed by atoms with Crippen molar-refractivity contribution in [2.75, 3.05) is 7.11 Å². The van der Waals surface area contributed by atoms with Crippen LogP contribution in [0.15, 0.2) is 24.3 Å². The van der Waals surface area contributed by atoms with Gasteiger partial charge in [0.05, 0.1) is 18.5 Å². The Morgan fingerprint density at radius 3 is 2.32 bits per heavy atom. The quantitative estimate of drug-likeness (QED) is 0.471. The molecule has 1 aromatic rings. The Hall–Kier alpha value is -2.44. The molecule has 0 bridgehead atoms. The van der Waals surface area contributed by atoms with Crippen LogP contribution in [0.3, 0.4) is 0 Å². The fraction of sp³-hybridized carbons (Fsp3) is 0.467. The normalized spacial score (nSPS) is 11.8. The van der Waals surface area contributed by atoms with Crippen LogP contribution in [0, 0.1) is 16.0 Å². The molecule has 1 rings (SSSR count). The van der Waals surface area contributed by atoms with E-state index >= 15 is 0 Å². The second-order valence-corrected chi connectivity index (χ2v) is 5.37. The molecule has 0 aliphatic rings. The van der Waals surface area contributed by atoms with Crippen LogP contribution < -0.4 is 5.32 Å². The number of carbonyl (C=O) groups excluding carboxylic acids is 2. The number of amides is 1. The maximum Gasteiger partial charge on any atom is 0.328 e. The van der Waals surface area contributed by atoms with Crippen molar-refractivity contribution in [3.8, 4) is 0 Å². The highest BCUT2D eigenvalue weighted by atomic mass is 16.6. The molecule has 0 aliphatic heterocycles. The van der Waals surface area contributed by atoms with Crippen LogP contribution in [0.1, 0.15) is 25.8 Å². The Bertz CT molecular complexity index is 539. The third-order valence-corrected chi connectivity index (χ3v) is 3.04. The van der Waals surface area contributed by atoms with Gasteiger partial charge < -0.3 is 10.1 Å². The van der Waals surface area contributed by atoms with Crippen LogP contribution in [0.2, 0.25) is 0 Å². The number of ether oxygens (including phenoxy) is 1. The lowest BCUT2D eigenvalue weighted by molar-refractivity contribution is -0.384. The number of non-ortho nitro benzene ring substituents is 1. The number of nitro groups is 1. The van der Waals surface area contributed by atoms with Gasteiger partial charge in [-0.25, -0.2) is 4.79 Å². The zero-order valence-corrected chi connectivity index (χ0v) is 12.9. The molecule has 22 heavy (non-hydrogen) atoms. The monoisotopic (exact) mass is 308 g/mol. The highest BCUT2D eigenvalue weighted by Crippen LogP contribution is 2.12. The summed E-state index contributed by atoms with van der Waals surface area (Å²) in [5.41, 5.74) is 0.604. The van der Waals surface area contributed by atoms with E-state index in [1.165, 1.54) is 31.4 Å². The number of nitro benzene ring substituents is 1. The van der Waals surface area contributed by atoms with Crippen molar-refractivity contribution in [2.45, 2.75) is 32.7 Å². The number of methoxy groups -OCH3 is 1. The van der Waals surface area contributed by atoms with E-state index in [2.05, 4.69) is 10.1 Å². The molecule has 0 saturated heterocycles. The van der Waals surface area contributed by atoms with E-state index in [-0.39, 0.29) is 23.9 Å². The van der Waals surface area contributed by atoms with Gasteiger partial charge in [-0.05, 0) is 17.9 Å². The molecule has 0 radical (unpaired) electrons. The lowest BCUT2D eigenvalue weighted by Crippen LogP contribution is -2.43. The van der Waals surface area contributed by atoms with Gasteiger partial charge in [0, 0.05) is 12.1 Å². The molecule has 120 valence electrons. The molecule has 1 aromatic carbocycles. The fourth-order valence-corrected chi connectivity index (χ4v) is 1.99. The van der Waals surface area contributed by atoms with Crippen LogP contribution in [-0.2, 0) is 20.7 Å². The van der Waals surface area contributed by atoms with Crippen LogP contribution in [0.25, 0.3) is 0 Å². The molecule has 0 aliphatic carbocycles. The van der Waals surface area contributed by atoms with E-state index < -0.39 is 16.9 Å². The first-order chi connectivity index (χ1) is 10.3. The molecule has 0 unspecified atom stereocenters. The van der Waals surface area contributed by atoms with Gasteiger partial charge in [-0.3, -0.25) is 14.9 Å². The summed E-state index contributed by atoms with van der Waals surface area (Å²) in [5.74, 6) is -0.584. The minimum Gasteiger partial charge on any atom is -0.467 e. The smallest absolute Gasteiger partial charge is 0.328 e. The SMILES string of the molecule is COC(=O)[C@@H](CC(C)C)NC(=O)Cc1ccc([N+](=O)[O-])cc1. The van der Waals surface area contributed by atoms with Gasteiger partial charge in [0.2, 0.25) is 5.91 Å². The number of benzene rings is 1. The number of hydrogen-bond donors (Lipinski definition) is 1.